The highest BCUT2D eigenvalue weighted by molar-refractivity contribution is 5.73. The molecule has 1 aliphatic rings. The minimum absolute atomic E-state index is 0.0664. The number of aliphatic hydroxyl groups is 1. The third-order valence-electron chi connectivity index (χ3n) is 2.09. The molecule has 0 bridgehead atoms. The fourth-order valence-electron chi connectivity index (χ4n) is 1.46. The van der Waals surface area contributed by atoms with Crippen LogP contribution < -0.4 is 0 Å². The highest BCUT2D eigenvalue weighted by atomic mass is 16.5. The molecular formula is C8H15NO3. The molecule has 0 spiro atoms. The number of rotatable bonds is 2. The van der Waals surface area contributed by atoms with E-state index >= 15 is 0 Å². The van der Waals surface area contributed by atoms with Gasteiger partial charge in [-0.25, -0.2) is 0 Å². The summed E-state index contributed by atoms with van der Waals surface area (Å²) in [5.74, 6) is 0.0664. The van der Waals surface area contributed by atoms with Crippen molar-refractivity contribution >= 4 is 5.91 Å². The second-order valence-corrected chi connectivity index (χ2v) is 2.95. The molecule has 0 aromatic heterocycles. The zero-order valence-electron chi connectivity index (χ0n) is 7.32. The summed E-state index contributed by atoms with van der Waals surface area (Å²) in [6.07, 6.45) is 0.611. The average molecular weight is 173 g/mol. The van der Waals surface area contributed by atoms with Gasteiger partial charge in [-0.15, -0.1) is 0 Å². The molecule has 4 nitrogen and oxygen atoms in total. The van der Waals surface area contributed by atoms with Crippen molar-refractivity contribution in [2.45, 2.75) is 19.4 Å². The van der Waals surface area contributed by atoms with E-state index in [9.17, 15) is 4.79 Å². The van der Waals surface area contributed by atoms with E-state index < -0.39 is 0 Å². The Hall–Kier alpha value is -0.610. The highest BCUT2D eigenvalue weighted by Gasteiger charge is 2.23. The van der Waals surface area contributed by atoms with Crippen LogP contribution >= 0.6 is 0 Å². The number of carbonyl (C=O) groups is 1. The van der Waals surface area contributed by atoms with Crippen LogP contribution in [0.4, 0.5) is 0 Å². The van der Waals surface area contributed by atoms with Crippen molar-refractivity contribution in [1.29, 1.82) is 0 Å². The number of aliphatic hydroxyl groups excluding tert-OH is 1. The molecule has 1 fully saturated rings. The molecule has 1 saturated heterocycles. The zero-order chi connectivity index (χ0) is 8.97. The standard InChI is InChI=1S/C8H15NO3/c1-7(11)9-3-5-12-6-8(9)2-4-10/h8,10H,2-6H2,1H3. The summed E-state index contributed by atoms with van der Waals surface area (Å²) in [5.41, 5.74) is 0. The highest BCUT2D eigenvalue weighted by Crippen LogP contribution is 2.09. The first-order chi connectivity index (χ1) is 5.75. The zero-order valence-corrected chi connectivity index (χ0v) is 7.32. The van der Waals surface area contributed by atoms with Gasteiger partial charge in [-0.05, 0) is 6.42 Å². The lowest BCUT2D eigenvalue weighted by molar-refractivity contribution is -0.137. The molecule has 1 N–H and O–H groups in total. The number of morpholine rings is 1. The lowest BCUT2D eigenvalue weighted by Crippen LogP contribution is -2.48. The molecule has 70 valence electrons. The summed E-state index contributed by atoms with van der Waals surface area (Å²) in [6, 6.07) is 0.0706. The lowest BCUT2D eigenvalue weighted by atomic mass is 10.1. The van der Waals surface area contributed by atoms with E-state index in [1.54, 1.807) is 11.8 Å². The Morgan fingerprint density at radius 1 is 1.75 bits per heavy atom. The van der Waals surface area contributed by atoms with Crippen LogP contribution in [0.25, 0.3) is 0 Å². The summed E-state index contributed by atoms with van der Waals surface area (Å²) < 4.78 is 5.21. The van der Waals surface area contributed by atoms with Crippen LogP contribution in [0.1, 0.15) is 13.3 Å². The molecule has 1 rings (SSSR count). The summed E-state index contributed by atoms with van der Waals surface area (Å²) >= 11 is 0. The quantitative estimate of drug-likeness (QED) is 0.619. The third kappa shape index (κ3) is 2.19. The number of amides is 1. The van der Waals surface area contributed by atoms with E-state index in [2.05, 4.69) is 0 Å². The van der Waals surface area contributed by atoms with Crippen LogP contribution in [0.3, 0.4) is 0 Å². The van der Waals surface area contributed by atoms with Gasteiger partial charge in [-0.3, -0.25) is 4.79 Å². The van der Waals surface area contributed by atoms with Crippen molar-refractivity contribution in [2.24, 2.45) is 0 Å². The predicted octanol–water partition coefficient (Wildman–Crippen LogP) is -0.384. The van der Waals surface area contributed by atoms with Crippen LogP contribution in [0.2, 0.25) is 0 Å². The Labute approximate surface area is 72.1 Å². The van der Waals surface area contributed by atoms with Crippen molar-refractivity contribution in [3.63, 3.8) is 0 Å². The Kier molecular flexibility index (Phi) is 3.49. The number of ether oxygens (including phenoxy) is 1. The van der Waals surface area contributed by atoms with Crippen LogP contribution in [0, 0.1) is 0 Å². The number of hydrogen-bond acceptors (Lipinski definition) is 3. The lowest BCUT2D eigenvalue weighted by Gasteiger charge is -2.34. The smallest absolute Gasteiger partial charge is 0.219 e. The summed E-state index contributed by atoms with van der Waals surface area (Å²) in [4.78, 5) is 12.8. The van der Waals surface area contributed by atoms with E-state index in [-0.39, 0.29) is 18.6 Å². The molecule has 0 saturated carbocycles. The fourth-order valence-corrected chi connectivity index (χ4v) is 1.46. The van der Waals surface area contributed by atoms with Crippen molar-refractivity contribution in [3.8, 4) is 0 Å². The van der Waals surface area contributed by atoms with E-state index in [0.717, 1.165) is 0 Å². The van der Waals surface area contributed by atoms with Gasteiger partial charge in [0.1, 0.15) is 0 Å². The van der Waals surface area contributed by atoms with Crippen molar-refractivity contribution in [3.05, 3.63) is 0 Å². The van der Waals surface area contributed by atoms with E-state index in [4.69, 9.17) is 9.84 Å². The molecule has 1 unspecified atom stereocenters. The molecule has 0 aliphatic carbocycles. The van der Waals surface area contributed by atoms with Gasteiger partial charge >= 0.3 is 0 Å². The summed E-state index contributed by atoms with van der Waals surface area (Å²) in [7, 11) is 0. The molecule has 0 radical (unpaired) electrons. The Morgan fingerprint density at radius 3 is 3.08 bits per heavy atom. The summed E-state index contributed by atoms with van der Waals surface area (Å²) in [5, 5.41) is 8.72. The molecule has 12 heavy (non-hydrogen) atoms. The van der Waals surface area contributed by atoms with Crippen LogP contribution in [0.5, 0.6) is 0 Å². The van der Waals surface area contributed by atoms with Crippen molar-refractivity contribution < 1.29 is 14.6 Å². The molecular weight excluding hydrogens is 158 g/mol. The largest absolute Gasteiger partial charge is 0.396 e. The van der Waals surface area contributed by atoms with Gasteiger partial charge in [0.2, 0.25) is 5.91 Å². The molecule has 1 aliphatic heterocycles. The molecule has 1 atom stereocenters. The predicted molar refractivity (Wildman–Crippen MR) is 43.7 cm³/mol. The number of carbonyl (C=O) groups excluding carboxylic acids is 1. The molecule has 1 amide bonds. The Bertz CT molecular complexity index is 158. The van der Waals surface area contributed by atoms with Gasteiger partial charge < -0.3 is 14.7 Å². The van der Waals surface area contributed by atoms with Crippen molar-refractivity contribution in [2.75, 3.05) is 26.4 Å². The monoisotopic (exact) mass is 173 g/mol. The maximum atomic E-state index is 11.1. The van der Waals surface area contributed by atoms with Crippen LogP contribution in [-0.2, 0) is 9.53 Å². The summed E-state index contributed by atoms with van der Waals surface area (Å²) in [6.45, 7) is 3.48. The van der Waals surface area contributed by atoms with Gasteiger partial charge in [0.15, 0.2) is 0 Å². The molecule has 0 aromatic rings. The second kappa shape index (κ2) is 4.42. The van der Waals surface area contributed by atoms with Gasteiger partial charge in [-0.2, -0.15) is 0 Å². The number of nitrogens with zero attached hydrogens (tertiary/aromatic N) is 1. The first kappa shape index (κ1) is 9.48. The van der Waals surface area contributed by atoms with E-state index in [1.807, 2.05) is 0 Å². The fraction of sp³-hybridized carbons (Fsp3) is 0.875. The maximum absolute atomic E-state index is 11.1. The SMILES string of the molecule is CC(=O)N1CCOCC1CCO. The van der Waals surface area contributed by atoms with Gasteiger partial charge in [-0.1, -0.05) is 0 Å². The van der Waals surface area contributed by atoms with Gasteiger partial charge in [0.25, 0.3) is 0 Å². The average Bonchev–Trinajstić information content (AvgIpc) is 2.05. The van der Waals surface area contributed by atoms with E-state index in [1.165, 1.54) is 0 Å². The van der Waals surface area contributed by atoms with Crippen LogP contribution in [0.15, 0.2) is 0 Å². The van der Waals surface area contributed by atoms with Crippen LogP contribution in [-0.4, -0.2) is 48.3 Å². The minimum atomic E-state index is 0.0664. The minimum Gasteiger partial charge on any atom is -0.396 e. The second-order valence-electron chi connectivity index (χ2n) is 2.95. The third-order valence-corrected chi connectivity index (χ3v) is 2.09. The van der Waals surface area contributed by atoms with E-state index in [0.29, 0.717) is 26.2 Å². The van der Waals surface area contributed by atoms with Gasteiger partial charge in [0.05, 0.1) is 19.3 Å². The van der Waals surface area contributed by atoms with Crippen molar-refractivity contribution in [1.82, 2.24) is 4.90 Å². The molecule has 1 heterocycles. The maximum Gasteiger partial charge on any atom is 0.219 e. The van der Waals surface area contributed by atoms with Gasteiger partial charge in [0, 0.05) is 20.1 Å². The normalized spacial score (nSPS) is 24.2. The molecule has 4 heteroatoms. The Balaban J connectivity index is 2.48. The Morgan fingerprint density at radius 2 is 2.50 bits per heavy atom. The first-order valence-corrected chi connectivity index (χ1v) is 4.21. The first-order valence-electron chi connectivity index (χ1n) is 4.21. The number of hydrogen-bond donors (Lipinski definition) is 1. The topological polar surface area (TPSA) is 49.8 Å². The molecule has 0 aromatic carbocycles.